The van der Waals surface area contributed by atoms with Crippen molar-refractivity contribution >= 4 is 5.91 Å². The number of halogens is 3. The Labute approximate surface area is 221 Å². The highest BCUT2D eigenvalue weighted by molar-refractivity contribution is 5.92. The number of hydrogen-bond donors (Lipinski definition) is 1. The first kappa shape index (κ1) is 25.5. The second-order valence-corrected chi connectivity index (χ2v) is 12.3. The average Bonchev–Trinajstić information content (AvgIpc) is 3.13. The number of carbonyl (C=O) groups excluding carboxylic acids is 1. The zero-order chi connectivity index (χ0) is 27.0. The van der Waals surface area contributed by atoms with Gasteiger partial charge in [-0.3, -0.25) is 9.69 Å². The lowest BCUT2D eigenvalue weighted by Crippen LogP contribution is -2.49. The normalized spacial score (nSPS) is 29.4. The highest BCUT2D eigenvalue weighted by Gasteiger charge is 2.57. The maximum Gasteiger partial charge on any atom is 0.573 e. The molecule has 9 heteroatoms. The number of alkyl halides is 3. The number of nitrogens with two attached hydrogens (primary N) is 1. The van der Waals surface area contributed by atoms with Gasteiger partial charge in [0.05, 0.1) is 5.69 Å². The molecule has 1 aromatic carbocycles. The number of aromatic nitrogens is 2. The van der Waals surface area contributed by atoms with Crippen molar-refractivity contribution < 1.29 is 22.7 Å². The lowest BCUT2D eigenvalue weighted by molar-refractivity contribution is -0.274. The van der Waals surface area contributed by atoms with Gasteiger partial charge in [0, 0.05) is 33.1 Å². The standard InChI is InChI=1S/C29H35F3N4O2/c1-28(2)18-8-7-17(23(28)11-18)13-36-14-21-20(22(21)15-36)12-24-26(27(33)37)34-25(35(24)3)10-16-5-4-6-19(9-16)38-29(30,31)32/h4-7,9,18,20-23H,8,10-15H2,1-3H3,(H2,33,37). The van der Waals surface area contributed by atoms with Crippen molar-refractivity contribution in [2.45, 2.75) is 45.9 Å². The molecule has 4 aliphatic carbocycles. The smallest absolute Gasteiger partial charge is 0.406 e. The largest absolute Gasteiger partial charge is 0.573 e. The van der Waals surface area contributed by atoms with Crippen LogP contribution in [-0.4, -0.2) is 46.4 Å². The Balaban J connectivity index is 1.10. The van der Waals surface area contributed by atoms with E-state index >= 15 is 0 Å². The number of amides is 1. The van der Waals surface area contributed by atoms with Crippen LogP contribution in [0.3, 0.4) is 0 Å². The van der Waals surface area contributed by atoms with Gasteiger partial charge in [0.15, 0.2) is 0 Å². The molecule has 2 saturated carbocycles. The first-order chi connectivity index (χ1) is 17.9. The monoisotopic (exact) mass is 528 g/mol. The van der Waals surface area contributed by atoms with Gasteiger partial charge in [-0.25, -0.2) is 4.98 Å². The highest BCUT2D eigenvalue weighted by Crippen LogP contribution is 2.60. The summed E-state index contributed by atoms with van der Waals surface area (Å²) in [4.78, 5) is 19.4. The Hall–Kier alpha value is -2.81. The van der Waals surface area contributed by atoms with Gasteiger partial charge >= 0.3 is 6.36 Å². The van der Waals surface area contributed by atoms with Crippen molar-refractivity contribution in [3.63, 3.8) is 0 Å². The predicted molar refractivity (Wildman–Crippen MR) is 136 cm³/mol. The number of allylic oxidation sites excluding steroid dienone is 1. The van der Waals surface area contributed by atoms with Crippen LogP contribution in [-0.2, 0) is 19.9 Å². The van der Waals surface area contributed by atoms with Crippen LogP contribution >= 0.6 is 0 Å². The third-order valence-electron chi connectivity index (χ3n) is 9.90. The third-order valence-corrected chi connectivity index (χ3v) is 9.90. The van der Waals surface area contributed by atoms with Crippen LogP contribution in [0.1, 0.15) is 54.3 Å². The average molecular weight is 529 g/mol. The molecule has 2 aromatic rings. The lowest BCUT2D eigenvalue weighted by Gasteiger charge is -2.57. The van der Waals surface area contributed by atoms with Gasteiger partial charge in [-0.15, -0.1) is 13.2 Å². The van der Waals surface area contributed by atoms with E-state index in [0.717, 1.165) is 43.6 Å². The Morgan fingerprint density at radius 1 is 1.24 bits per heavy atom. The van der Waals surface area contributed by atoms with Gasteiger partial charge in [-0.1, -0.05) is 37.6 Å². The Bertz CT molecular complexity index is 1290. The van der Waals surface area contributed by atoms with E-state index in [4.69, 9.17) is 5.73 Å². The maximum atomic E-state index is 12.6. The van der Waals surface area contributed by atoms with Crippen molar-refractivity contribution in [2.75, 3.05) is 19.6 Å². The van der Waals surface area contributed by atoms with E-state index in [2.05, 4.69) is 34.5 Å². The van der Waals surface area contributed by atoms with Gasteiger partial charge in [0.25, 0.3) is 5.91 Å². The minimum Gasteiger partial charge on any atom is -0.406 e. The number of piperidine rings is 1. The number of imidazole rings is 1. The zero-order valence-electron chi connectivity index (χ0n) is 22.1. The molecular weight excluding hydrogens is 493 g/mol. The fourth-order valence-electron chi connectivity index (χ4n) is 7.51. The molecule has 4 unspecified atom stereocenters. The molecule has 6 nitrogen and oxygen atoms in total. The molecule has 204 valence electrons. The quantitative estimate of drug-likeness (QED) is 0.504. The number of ether oxygens (including phenoxy) is 1. The van der Waals surface area contributed by atoms with E-state index in [1.807, 2.05) is 11.6 Å². The molecule has 2 N–H and O–H groups in total. The second kappa shape index (κ2) is 8.86. The Morgan fingerprint density at radius 3 is 2.61 bits per heavy atom. The Morgan fingerprint density at radius 2 is 1.97 bits per heavy atom. The molecule has 1 amide bonds. The molecule has 1 aliphatic heterocycles. The van der Waals surface area contributed by atoms with Crippen molar-refractivity contribution in [3.8, 4) is 5.75 Å². The molecule has 38 heavy (non-hydrogen) atoms. The van der Waals surface area contributed by atoms with Crippen LogP contribution in [0.5, 0.6) is 5.75 Å². The maximum absolute atomic E-state index is 12.6. The van der Waals surface area contributed by atoms with Crippen LogP contribution in [0.25, 0.3) is 0 Å². The number of primary amides is 1. The first-order valence-electron chi connectivity index (χ1n) is 13.5. The second-order valence-electron chi connectivity index (χ2n) is 12.3. The van der Waals surface area contributed by atoms with Crippen LogP contribution in [0.15, 0.2) is 35.9 Å². The minimum atomic E-state index is -4.75. The molecule has 7 rings (SSSR count). The van der Waals surface area contributed by atoms with Crippen LogP contribution in [0.2, 0.25) is 0 Å². The summed E-state index contributed by atoms with van der Waals surface area (Å²) in [7, 11) is 1.85. The summed E-state index contributed by atoms with van der Waals surface area (Å²) in [6, 6.07) is 5.84. The van der Waals surface area contributed by atoms with Gasteiger partial charge < -0.3 is 15.0 Å². The van der Waals surface area contributed by atoms with Gasteiger partial charge in [0.1, 0.15) is 17.3 Å². The predicted octanol–water partition coefficient (Wildman–Crippen LogP) is 4.72. The lowest BCUT2D eigenvalue weighted by atomic mass is 9.49. The number of nitrogens with zero attached hydrogens (tertiary/aromatic N) is 3. The molecule has 3 fully saturated rings. The summed E-state index contributed by atoms with van der Waals surface area (Å²) >= 11 is 0. The fourth-order valence-corrected chi connectivity index (χ4v) is 7.51. The van der Waals surface area contributed by atoms with Gasteiger partial charge in [-0.05, 0) is 72.0 Å². The van der Waals surface area contributed by atoms with Gasteiger partial charge in [0.2, 0.25) is 0 Å². The van der Waals surface area contributed by atoms with Crippen LogP contribution in [0, 0.1) is 35.0 Å². The highest BCUT2D eigenvalue weighted by atomic mass is 19.4. The fraction of sp³-hybridized carbons (Fsp3) is 0.586. The van der Waals surface area contributed by atoms with Crippen LogP contribution < -0.4 is 10.5 Å². The topological polar surface area (TPSA) is 73.4 Å². The molecule has 4 atom stereocenters. The van der Waals surface area contributed by atoms with Crippen molar-refractivity contribution in [1.29, 1.82) is 0 Å². The summed E-state index contributed by atoms with van der Waals surface area (Å²) in [5, 5.41) is 0. The molecule has 2 heterocycles. The third kappa shape index (κ3) is 4.52. The molecule has 5 aliphatic rings. The SMILES string of the molecule is Cn1c(Cc2cccc(OC(F)(F)F)c2)nc(C(N)=O)c1CC1C2CN(CC3=CCC4CC3C4(C)C)CC12. The number of rotatable bonds is 8. The summed E-state index contributed by atoms with van der Waals surface area (Å²) in [6.07, 6.45) is 1.32. The van der Waals surface area contributed by atoms with Gasteiger partial charge in [-0.2, -0.15) is 0 Å². The number of hydrogen-bond acceptors (Lipinski definition) is 4. The van der Waals surface area contributed by atoms with E-state index in [9.17, 15) is 18.0 Å². The van der Waals surface area contributed by atoms with E-state index in [1.165, 1.54) is 31.0 Å². The molecule has 1 saturated heterocycles. The van der Waals surface area contributed by atoms with E-state index in [1.54, 1.807) is 11.6 Å². The zero-order valence-corrected chi connectivity index (χ0v) is 22.1. The number of fused-ring (bicyclic) bond motifs is 2. The summed E-state index contributed by atoms with van der Waals surface area (Å²) in [5.41, 5.74) is 9.46. The minimum absolute atomic E-state index is 0.265. The summed E-state index contributed by atoms with van der Waals surface area (Å²) in [5.74, 6) is 3.08. The number of likely N-dealkylation sites (tertiary alicyclic amines) is 1. The van der Waals surface area contributed by atoms with Crippen LogP contribution in [0.4, 0.5) is 13.2 Å². The number of carbonyl (C=O) groups is 1. The van der Waals surface area contributed by atoms with E-state index in [-0.39, 0.29) is 17.9 Å². The molecular formula is C29H35F3N4O2. The van der Waals surface area contributed by atoms with Crippen molar-refractivity contribution in [3.05, 3.63) is 58.7 Å². The Kier molecular flexibility index (Phi) is 5.94. The van der Waals surface area contributed by atoms with Crippen molar-refractivity contribution in [2.24, 2.45) is 47.8 Å². The summed E-state index contributed by atoms with van der Waals surface area (Å²) in [6.45, 7) is 8.10. The van der Waals surface area contributed by atoms with E-state index < -0.39 is 12.3 Å². The molecule has 2 bridgehead atoms. The van der Waals surface area contributed by atoms with E-state index in [0.29, 0.717) is 34.6 Å². The molecule has 0 radical (unpaired) electrons. The first-order valence-corrected chi connectivity index (χ1v) is 13.5. The molecule has 1 aromatic heterocycles. The van der Waals surface area contributed by atoms with Crippen molar-refractivity contribution in [1.82, 2.24) is 14.5 Å². The summed E-state index contributed by atoms with van der Waals surface area (Å²) < 4.78 is 43.8. The molecule has 0 spiro atoms. The number of benzene rings is 1.